The predicted molar refractivity (Wildman–Crippen MR) is 90.5 cm³/mol. The number of aromatic nitrogens is 1. The van der Waals surface area contributed by atoms with E-state index in [1.165, 1.54) is 11.8 Å². The molecule has 0 aliphatic rings. The normalized spacial score (nSPS) is 11.5. The van der Waals surface area contributed by atoms with Crippen LogP contribution in [0.25, 0.3) is 0 Å². The van der Waals surface area contributed by atoms with E-state index in [4.69, 9.17) is 0 Å². The van der Waals surface area contributed by atoms with Crippen molar-refractivity contribution < 1.29 is 8.42 Å². The maximum absolute atomic E-state index is 11.2. The first-order chi connectivity index (χ1) is 10.3. The summed E-state index contributed by atoms with van der Waals surface area (Å²) in [6, 6.07) is 14.0. The lowest BCUT2D eigenvalue weighted by Gasteiger charge is -2.28. The van der Waals surface area contributed by atoms with Crippen molar-refractivity contribution in [2.75, 3.05) is 15.9 Å². The lowest BCUT2D eigenvalue weighted by molar-refractivity contribution is 0.606. The molecule has 1 N–H and O–H groups in total. The molecule has 2 aromatic rings. The molecule has 1 aromatic carbocycles. The number of hydrogen-bond donors (Lipinski definition) is 1. The van der Waals surface area contributed by atoms with Gasteiger partial charge in [-0.15, -0.1) is 0 Å². The van der Waals surface area contributed by atoms with Crippen LogP contribution in [0.4, 0.5) is 11.5 Å². The lowest BCUT2D eigenvalue weighted by atomic mass is 10.2. The molecule has 0 amide bonds. The summed E-state index contributed by atoms with van der Waals surface area (Å²) in [5.41, 5.74) is 1.67. The topological polar surface area (TPSA) is 62.3 Å². The van der Waals surface area contributed by atoms with E-state index in [0.29, 0.717) is 5.69 Å². The largest absolute Gasteiger partial charge is 0.350 e. The Morgan fingerprint density at radius 3 is 2.32 bits per heavy atom. The highest BCUT2D eigenvalue weighted by Crippen LogP contribution is 2.19. The second kappa shape index (κ2) is 6.79. The fourth-order valence-electron chi connectivity index (χ4n) is 2.14. The summed E-state index contributed by atoms with van der Waals surface area (Å²) in [5, 5.41) is 0. The summed E-state index contributed by atoms with van der Waals surface area (Å²) in [7, 11) is -3.28. The molecule has 118 valence electrons. The summed E-state index contributed by atoms with van der Waals surface area (Å²) in [5.74, 6) is 0.818. The molecular weight excluding hydrogens is 298 g/mol. The first kappa shape index (κ1) is 16.3. The summed E-state index contributed by atoms with van der Waals surface area (Å²) in [4.78, 5) is 6.55. The Kier molecular flexibility index (Phi) is 5.03. The second-order valence-corrected chi connectivity index (χ2v) is 7.24. The van der Waals surface area contributed by atoms with Gasteiger partial charge < -0.3 is 4.90 Å². The third-order valence-electron chi connectivity index (χ3n) is 3.16. The van der Waals surface area contributed by atoms with E-state index >= 15 is 0 Å². The molecule has 0 aliphatic carbocycles. The van der Waals surface area contributed by atoms with Crippen molar-refractivity contribution in [3.05, 3.63) is 54.2 Å². The van der Waals surface area contributed by atoms with E-state index in [9.17, 15) is 8.42 Å². The van der Waals surface area contributed by atoms with Crippen molar-refractivity contribution in [3.8, 4) is 0 Å². The number of nitrogens with one attached hydrogen (secondary N) is 1. The van der Waals surface area contributed by atoms with Gasteiger partial charge in [0.05, 0.1) is 18.1 Å². The van der Waals surface area contributed by atoms with Crippen LogP contribution in [0.1, 0.15) is 19.4 Å². The zero-order valence-electron chi connectivity index (χ0n) is 13.0. The van der Waals surface area contributed by atoms with Crippen LogP contribution in [0.2, 0.25) is 0 Å². The molecule has 1 aromatic heterocycles. The van der Waals surface area contributed by atoms with Crippen molar-refractivity contribution in [1.82, 2.24) is 4.98 Å². The molecule has 6 heteroatoms. The van der Waals surface area contributed by atoms with E-state index < -0.39 is 10.0 Å². The van der Waals surface area contributed by atoms with Crippen molar-refractivity contribution in [1.29, 1.82) is 0 Å². The highest BCUT2D eigenvalue weighted by molar-refractivity contribution is 7.92. The second-order valence-electron chi connectivity index (χ2n) is 5.49. The van der Waals surface area contributed by atoms with E-state index in [-0.39, 0.29) is 6.04 Å². The van der Waals surface area contributed by atoms with Crippen LogP contribution in [0.3, 0.4) is 0 Å². The highest BCUT2D eigenvalue weighted by atomic mass is 32.2. The SMILES string of the molecule is CC(C)N(Cc1ccccc1)c1ccc(NS(C)(=O)=O)cn1. The van der Waals surface area contributed by atoms with Gasteiger partial charge in [0.25, 0.3) is 0 Å². The molecule has 2 rings (SSSR count). The predicted octanol–water partition coefficient (Wildman–Crippen LogP) is 2.87. The first-order valence-corrected chi connectivity index (χ1v) is 8.99. The average molecular weight is 319 g/mol. The van der Waals surface area contributed by atoms with Gasteiger partial charge in [-0.2, -0.15) is 0 Å². The monoisotopic (exact) mass is 319 g/mol. The van der Waals surface area contributed by atoms with Crippen LogP contribution in [0.5, 0.6) is 0 Å². The van der Waals surface area contributed by atoms with Gasteiger partial charge in [-0.05, 0) is 31.5 Å². The third kappa shape index (κ3) is 4.73. The maximum Gasteiger partial charge on any atom is 0.229 e. The molecule has 0 spiro atoms. The molecule has 0 bridgehead atoms. The summed E-state index contributed by atoms with van der Waals surface area (Å²) >= 11 is 0. The minimum absolute atomic E-state index is 0.279. The number of anilines is 2. The smallest absolute Gasteiger partial charge is 0.229 e. The number of pyridine rings is 1. The van der Waals surface area contributed by atoms with E-state index in [1.807, 2.05) is 24.3 Å². The van der Waals surface area contributed by atoms with E-state index in [0.717, 1.165) is 18.6 Å². The van der Waals surface area contributed by atoms with Crippen molar-refractivity contribution in [3.63, 3.8) is 0 Å². The Bertz CT molecular complexity index is 698. The van der Waals surface area contributed by atoms with E-state index in [1.54, 1.807) is 6.07 Å². The minimum Gasteiger partial charge on any atom is -0.350 e. The molecule has 1 heterocycles. The molecule has 0 unspecified atom stereocenters. The Hall–Kier alpha value is -2.08. The number of benzene rings is 1. The van der Waals surface area contributed by atoms with Crippen molar-refractivity contribution in [2.24, 2.45) is 0 Å². The zero-order valence-corrected chi connectivity index (χ0v) is 13.8. The van der Waals surface area contributed by atoms with Crippen molar-refractivity contribution in [2.45, 2.75) is 26.4 Å². The number of hydrogen-bond acceptors (Lipinski definition) is 4. The van der Waals surface area contributed by atoms with E-state index in [2.05, 4.69) is 40.6 Å². The van der Waals surface area contributed by atoms with Gasteiger partial charge in [-0.25, -0.2) is 13.4 Å². The van der Waals surface area contributed by atoms with Gasteiger partial charge in [-0.1, -0.05) is 30.3 Å². The van der Waals surface area contributed by atoms with Gasteiger partial charge in [0.15, 0.2) is 0 Å². The molecule has 0 radical (unpaired) electrons. The molecule has 0 saturated heterocycles. The van der Waals surface area contributed by atoms with Gasteiger partial charge in [0.1, 0.15) is 5.82 Å². The zero-order chi connectivity index (χ0) is 16.2. The average Bonchev–Trinajstić information content (AvgIpc) is 2.45. The Balaban J connectivity index is 2.19. The highest BCUT2D eigenvalue weighted by Gasteiger charge is 2.13. The van der Waals surface area contributed by atoms with Gasteiger partial charge in [-0.3, -0.25) is 4.72 Å². The molecule has 0 atom stereocenters. The molecular formula is C16H21N3O2S. The van der Waals surface area contributed by atoms with Crippen LogP contribution in [-0.2, 0) is 16.6 Å². The Labute approximate surface area is 132 Å². The van der Waals surface area contributed by atoms with Crippen LogP contribution >= 0.6 is 0 Å². The fourth-order valence-corrected chi connectivity index (χ4v) is 2.69. The summed E-state index contributed by atoms with van der Waals surface area (Å²) < 4.78 is 24.9. The van der Waals surface area contributed by atoms with Crippen LogP contribution < -0.4 is 9.62 Å². The quantitative estimate of drug-likeness (QED) is 0.889. The minimum atomic E-state index is -3.28. The number of rotatable bonds is 6. The van der Waals surface area contributed by atoms with Crippen LogP contribution in [0, 0.1) is 0 Å². The van der Waals surface area contributed by atoms with Gasteiger partial charge in [0, 0.05) is 12.6 Å². The summed E-state index contributed by atoms with van der Waals surface area (Å²) in [6.07, 6.45) is 2.66. The van der Waals surface area contributed by atoms with Crippen LogP contribution in [-0.4, -0.2) is 25.7 Å². The molecule has 0 saturated carbocycles. The first-order valence-electron chi connectivity index (χ1n) is 7.09. The lowest BCUT2D eigenvalue weighted by Crippen LogP contribution is -2.30. The number of nitrogens with zero attached hydrogens (tertiary/aromatic N) is 2. The van der Waals surface area contributed by atoms with Crippen molar-refractivity contribution >= 4 is 21.5 Å². The van der Waals surface area contributed by atoms with Gasteiger partial charge >= 0.3 is 0 Å². The third-order valence-corrected chi connectivity index (χ3v) is 3.77. The fraction of sp³-hybridized carbons (Fsp3) is 0.312. The number of sulfonamides is 1. The maximum atomic E-state index is 11.2. The molecule has 5 nitrogen and oxygen atoms in total. The standard InChI is InChI=1S/C16H21N3O2S/c1-13(2)19(12-14-7-5-4-6-8-14)16-10-9-15(11-17-16)18-22(3,20)21/h4-11,13,18H,12H2,1-3H3. The molecule has 0 fully saturated rings. The summed E-state index contributed by atoms with van der Waals surface area (Å²) in [6.45, 7) is 4.96. The molecule has 0 aliphatic heterocycles. The Morgan fingerprint density at radius 1 is 1.14 bits per heavy atom. The Morgan fingerprint density at radius 2 is 1.82 bits per heavy atom. The van der Waals surface area contributed by atoms with Crippen LogP contribution in [0.15, 0.2) is 48.7 Å². The molecule has 22 heavy (non-hydrogen) atoms. The van der Waals surface area contributed by atoms with Gasteiger partial charge in [0.2, 0.25) is 10.0 Å².